The molecule has 0 aliphatic rings. The quantitative estimate of drug-likeness (QED) is 0.848. The molecule has 1 aromatic carbocycles. The first kappa shape index (κ1) is 16.6. The topological polar surface area (TPSA) is 79.3 Å². The molecule has 0 heterocycles. The van der Waals surface area contributed by atoms with E-state index in [0.717, 1.165) is 0 Å². The average Bonchev–Trinajstić information content (AvgIpc) is 2.51. The highest BCUT2D eigenvalue weighted by Gasteiger charge is 2.18. The molecular weight excluding hydrogens is 266 g/mol. The van der Waals surface area contributed by atoms with Crippen LogP contribution in [0.3, 0.4) is 0 Å². The van der Waals surface area contributed by atoms with Crippen LogP contribution in [0.15, 0.2) is 18.2 Å². The monoisotopic (exact) mass is 285 g/mol. The smallest absolute Gasteiger partial charge is 0.253 e. The number of hydrogen-bond donors (Lipinski definition) is 1. The molecule has 0 aliphatic heterocycles. The van der Waals surface area contributed by atoms with E-state index in [9.17, 15) is 4.79 Å². The zero-order chi connectivity index (χ0) is 15.8. The normalized spacial score (nSPS) is 10.8. The Morgan fingerprint density at radius 3 is 2.81 bits per heavy atom. The second-order valence-corrected chi connectivity index (χ2v) is 4.55. The van der Waals surface area contributed by atoms with Crippen molar-refractivity contribution in [2.24, 2.45) is 5.73 Å². The zero-order valence-electron chi connectivity index (χ0n) is 12.5. The van der Waals surface area contributed by atoms with Gasteiger partial charge in [0.05, 0.1) is 31.7 Å². The van der Waals surface area contributed by atoms with Gasteiger partial charge >= 0.3 is 0 Å². The van der Waals surface area contributed by atoms with Crippen LogP contribution in [0.5, 0.6) is 5.75 Å². The molecule has 1 unspecified atom stereocenters. The Morgan fingerprint density at radius 2 is 2.24 bits per heavy atom. The minimum atomic E-state index is -0.156. The standard InChI is InChI=1S/C16H19N3O2/c1-12(8-10-18)19(2)16(20)14-6-7-15(21-3)13(11-14)5-4-9-17/h6-7,11-12H,8-9,17H2,1-3H3. The SMILES string of the molecule is COc1ccc(C(=O)N(C)C(C)CC#N)cc1C#CCN. The Labute approximate surface area is 125 Å². The summed E-state index contributed by atoms with van der Waals surface area (Å²) in [5.41, 5.74) is 6.49. The van der Waals surface area contributed by atoms with E-state index in [2.05, 4.69) is 17.9 Å². The van der Waals surface area contributed by atoms with E-state index in [1.807, 2.05) is 6.92 Å². The van der Waals surface area contributed by atoms with Gasteiger partial charge in [0.25, 0.3) is 5.91 Å². The molecule has 2 N–H and O–H groups in total. The number of nitriles is 1. The first-order valence-corrected chi connectivity index (χ1v) is 6.56. The van der Waals surface area contributed by atoms with E-state index in [1.54, 1.807) is 37.3 Å². The molecular formula is C16H19N3O2. The van der Waals surface area contributed by atoms with Gasteiger partial charge in [0.1, 0.15) is 5.75 Å². The van der Waals surface area contributed by atoms with Crippen molar-refractivity contribution in [1.29, 1.82) is 5.26 Å². The predicted octanol–water partition coefficient (Wildman–Crippen LogP) is 1.38. The first-order chi connectivity index (χ1) is 10.0. The molecule has 0 fully saturated rings. The maximum atomic E-state index is 12.4. The fraction of sp³-hybridized carbons (Fsp3) is 0.375. The van der Waals surface area contributed by atoms with Crippen molar-refractivity contribution in [1.82, 2.24) is 4.90 Å². The van der Waals surface area contributed by atoms with Crippen LogP contribution < -0.4 is 10.5 Å². The number of ether oxygens (including phenoxy) is 1. The number of amides is 1. The molecule has 0 bridgehead atoms. The van der Waals surface area contributed by atoms with Crippen molar-refractivity contribution in [3.8, 4) is 23.7 Å². The van der Waals surface area contributed by atoms with Crippen molar-refractivity contribution in [2.75, 3.05) is 20.7 Å². The van der Waals surface area contributed by atoms with Crippen molar-refractivity contribution in [3.63, 3.8) is 0 Å². The van der Waals surface area contributed by atoms with E-state index < -0.39 is 0 Å². The highest BCUT2D eigenvalue weighted by Crippen LogP contribution is 2.20. The molecule has 1 atom stereocenters. The fourth-order valence-corrected chi connectivity index (χ4v) is 1.76. The summed E-state index contributed by atoms with van der Waals surface area (Å²) < 4.78 is 5.21. The van der Waals surface area contributed by atoms with E-state index in [4.69, 9.17) is 15.7 Å². The molecule has 0 saturated heterocycles. The van der Waals surface area contributed by atoms with E-state index >= 15 is 0 Å². The Bertz CT molecular complexity index is 608. The Hall–Kier alpha value is -2.50. The highest BCUT2D eigenvalue weighted by atomic mass is 16.5. The van der Waals surface area contributed by atoms with E-state index in [0.29, 0.717) is 16.9 Å². The summed E-state index contributed by atoms with van der Waals surface area (Å²) >= 11 is 0. The van der Waals surface area contributed by atoms with Crippen LogP contribution in [0.25, 0.3) is 0 Å². The second-order valence-electron chi connectivity index (χ2n) is 4.55. The molecule has 110 valence electrons. The molecule has 0 spiro atoms. The van der Waals surface area contributed by atoms with Crippen molar-refractivity contribution < 1.29 is 9.53 Å². The lowest BCUT2D eigenvalue weighted by Gasteiger charge is -2.23. The molecule has 1 aromatic rings. The van der Waals surface area contributed by atoms with Gasteiger partial charge < -0.3 is 15.4 Å². The van der Waals surface area contributed by atoms with Gasteiger partial charge in [-0.2, -0.15) is 5.26 Å². The minimum absolute atomic E-state index is 0.150. The average molecular weight is 285 g/mol. The van der Waals surface area contributed by atoms with Crippen molar-refractivity contribution in [2.45, 2.75) is 19.4 Å². The largest absolute Gasteiger partial charge is 0.495 e. The summed E-state index contributed by atoms with van der Waals surface area (Å²) in [6.07, 6.45) is 0.290. The number of carbonyl (C=O) groups excluding carboxylic acids is 1. The summed E-state index contributed by atoms with van der Waals surface area (Å²) in [5.74, 6) is 6.08. The third kappa shape index (κ3) is 4.24. The van der Waals surface area contributed by atoms with Crippen LogP contribution in [0.2, 0.25) is 0 Å². The van der Waals surface area contributed by atoms with Crippen molar-refractivity contribution >= 4 is 5.91 Å². The van der Waals surface area contributed by atoms with Gasteiger partial charge in [-0.15, -0.1) is 0 Å². The van der Waals surface area contributed by atoms with Gasteiger partial charge in [-0.05, 0) is 25.1 Å². The van der Waals surface area contributed by atoms with Crippen LogP contribution in [-0.4, -0.2) is 37.6 Å². The van der Waals surface area contributed by atoms with E-state index in [-0.39, 0.29) is 24.9 Å². The van der Waals surface area contributed by atoms with Gasteiger partial charge in [-0.3, -0.25) is 4.79 Å². The number of hydrogen-bond acceptors (Lipinski definition) is 4. The Morgan fingerprint density at radius 1 is 1.52 bits per heavy atom. The van der Waals surface area contributed by atoms with Gasteiger partial charge in [-0.25, -0.2) is 0 Å². The van der Waals surface area contributed by atoms with Crippen LogP contribution >= 0.6 is 0 Å². The fourth-order valence-electron chi connectivity index (χ4n) is 1.76. The third-order valence-corrected chi connectivity index (χ3v) is 3.14. The summed E-state index contributed by atoms with van der Waals surface area (Å²) in [5, 5.41) is 8.71. The number of nitrogens with zero attached hydrogens (tertiary/aromatic N) is 2. The van der Waals surface area contributed by atoms with Crippen LogP contribution in [0, 0.1) is 23.2 Å². The summed E-state index contributed by atoms with van der Waals surface area (Å²) in [6.45, 7) is 2.07. The lowest BCUT2D eigenvalue weighted by molar-refractivity contribution is 0.0746. The lowest BCUT2D eigenvalue weighted by Crippen LogP contribution is -2.34. The summed E-state index contributed by atoms with van der Waals surface area (Å²) in [4.78, 5) is 13.9. The molecule has 5 heteroatoms. The number of benzene rings is 1. The molecule has 0 radical (unpaired) electrons. The maximum Gasteiger partial charge on any atom is 0.253 e. The lowest BCUT2D eigenvalue weighted by atomic mass is 10.1. The first-order valence-electron chi connectivity index (χ1n) is 6.56. The Balaban J connectivity index is 3.08. The molecule has 1 amide bonds. The highest BCUT2D eigenvalue weighted by molar-refractivity contribution is 5.95. The number of methoxy groups -OCH3 is 1. The number of rotatable bonds is 4. The molecule has 1 rings (SSSR count). The van der Waals surface area contributed by atoms with Gasteiger partial charge in [0, 0.05) is 18.7 Å². The van der Waals surface area contributed by atoms with Gasteiger partial charge in [0.2, 0.25) is 0 Å². The molecule has 21 heavy (non-hydrogen) atoms. The molecule has 0 aliphatic carbocycles. The van der Waals surface area contributed by atoms with Crippen molar-refractivity contribution in [3.05, 3.63) is 29.3 Å². The molecule has 0 saturated carbocycles. The molecule has 0 aromatic heterocycles. The van der Waals surface area contributed by atoms with Crippen LogP contribution in [-0.2, 0) is 0 Å². The third-order valence-electron chi connectivity index (χ3n) is 3.14. The van der Waals surface area contributed by atoms with Crippen LogP contribution in [0.4, 0.5) is 0 Å². The number of carbonyl (C=O) groups is 1. The summed E-state index contributed by atoms with van der Waals surface area (Å²) in [6, 6.07) is 6.98. The molecule has 5 nitrogen and oxygen atoms in total. The predicted molar refractivity (Wildman–Crippen MR) is 80.7 cm³/mol. The maximum absolute atomic E-state index is 12.4. The van der Waals surface area contributed by atoms with Gasteiger partial charge in [0.15, 0.2) is 0 Å². The van der Waals surface area contributed by atoms with E-state index in [1.165, 1.54) is 0 Å². The second kappa shape index (κ2) is 7.94. The minimum Gasteiger partial charge on any atom is -0.495 e. The zero-order valence-corrected chi connectivity index (χ0v) is 12.5. The van der Waals surface area contributed by atoms with Gasteiger partial charge in [-0.1, -0.05) is 11.8 Å². The summed E-state index contributed by atoms with van der Waals surface area (Å²) in [7, 11) is 3.23. The Kier molecular flexibility index (Phi) is 6.26. The number of nitrogens with two attached hydrogens (primary N) is 1. The van der Waals surface area contributed by atoms with Crippen LogP contribution in [0.1, 0.15) is 29.3 Å².